The first-order chi connectivity index (χ1) is 10.8. The van der Waals surface area contributed by atoms with Gasteiger partial charge in [0.15, 0.2) is 0 Å². The lowest BCUT2D eigenvalue weighted by molar-refractivity contribution is 0.0500. The van der Waals surface area contributed by atoms with Crippen molar-refractivity contribution in [3.8, 4) is 0 Å². The second-order valence-electron chi connectivity index (χ2n) is 7.54. The summed E-state index contributed by atoms with van der Waals surface area (Å²) >= 11 is 7.70. The fraction of sp³-hybridized carbons (Fsp3) is 0.688. The number of nitrogens with one attached hydrogen (secondary N) is 2. The molecule has 0 aromatic carbocycles. The van der Waals surface area contributed by atoms with Crippen LogP contribution in [0.5, 0.6) is 0 Å². The minimum Gasteiger partial charge on any atom is -0.444 e. The van der Waals surface area contributed by atoms with E-state index < -0.39 is 27.4 Å². The lowest BCUT2D eigenvalue weighted by Gasteiger charge is -2.29. The van der Waals surface area contributed by atoms with Crippen LogP contribution in [0.15, 0.2) is 11.4 Å². The predicted octanol–water partition coefficient (Wildman–Crippen LogP) is 4.41. The summed E-state index contributed by atoms with van der Waals surface area (Å²) < 4.78 is 20.5. The van der Waals surface area contributed by atoms with Crippen molar-refractivity contribution in [2.24, 2.45) is 0 Å². The topological polar surface area (TPSA) is 67.4 Å². The second-order valence-corrected chi connectivity index (χ2v) is 10.9. The number of hydrogen-bond acceptors (Lipinski definition) is 4. The van der Waals surface area contributed by atoms with E-state index in [-0.39, 0.29) is 12.1 Å². The van der Waals surface area contributed by atoms with Crippen LogP contribution >= 0.6 is 22.9 Å². The molecule has 1 aromatic rings. The van der Waals surface area contributed by atoms with Gasteiger partial charge in [-0.3, -0.25) is 0 Å². The number of thiophene rings is 1. The Kier molecular flexibility index (Phi) is 7.29. The Morgan fingerprint density at radius 3 is 2.29 bits per heavy atom. The molecule has 24 heavy (non-hydrogen) atoms. The average Bonchev–Trinajstić information content (AvgIpc) is 2.77. The van der Waals surface area contributed by atoms with Gasteiger partial charge in [-0.1, -0.05) is 11.6 Å². The van der Waals surface area contributed by atoms with Crippen molar-refractivity contribution in [2.45, 2.75) is 70.9 Å². The third-order valence-electron chi connectivity index (χ3n) is 2.96. The minimum absolute atomic E-state index is 0.359. The first kappa shape index (κ1) is 21.4. The molecule has 0 fully saturated rings. The molecule has 2 N–H and O–H groups in total. The lowest BCUT2D eigenvalue weighted by Crippen LogP contribution is -2.47. The van der Waals surface area contributed by atoms with Crippen LogP contribution in [-0.4, -0.2) is 26.7 Å². The Balaban J connectivity index is 2.95. The molecule has 138 valence electrons. The third-order valence-corrected chi connectivity index (χ3v) is 5.98. The smallest absolute Gasteiger partial charge is 0.407 e. The van der Waals surface area contributed by atoms with E-state index in [1.54, 1.807) is 26.8 Å². The van der Waals surface area contributed by atoms with Crippen molar-refractivity contribution < 1.29 is 13.7 Å². The molecule has 0 spiro atoms. The molecule has 0 saturated heterocycles. The monoisotopic (exact) mass is 394 g/mol. The SMILES string of the molecule is C[C@H](NC(=O)OC(C)(C)C)[C@H](N[S@](=O)C(C)(C)C)c1sccc1Cl. The van der Waals surface area contributed by atoms with Gasteiger partial charge in [0, 0.05) is 4.88 Å². The maximum atomic E-state index is 12.5. The van der Waals surface area contributed by atoms with Crippen LogP contribution in [0.3, 0.4) is 0 Å². The van der Waals surface area contributed by atoms with E-state index in [9.17, 15) is 9.00 Å². The van der Waals surface area contributed by atoms with Gasteiger partial charge in [0.25, 0.3) is 0 Å². The van der Waals surface area contributed by atoms with Crippen LogP contribution in [0.1, 0.15) is 59.4 Å². The normalized spacial score (nSPS) is 16.3. The first-order valence-electron chi connectivity index (χ1n) is 7.71. The van der Waals surface area contributed by atoms with Gasteiger partial charge in [-0.15, -0.1) is 11.3 Å². The van der Waals surface area contributed by atoms with Gasteiger partial charge in [0.2, 0.25) is 0 Å². The molecule has 0 unspecified atom stereocenters. The van der Waals surface area contributed by atoms with Crippen LogP contribution in [0, 0.1) is 0 Å². The molecular weight excluding hydrogens is 368 g/mol. The van der Waals surface area contributed by atoms with Gasteiger partial charge < -0.3 is 10.1 Å². The summed E-state index contributed by atoms with van der Waals surface area (Å²) in [7, 11) is -1.31. The molecule has 1 amide bonds. The quantitative estimate of drug-likeness (QED) is 0.777. The zero-order chi connectivity index (χ0) is 18.7. The summed E-state index contributed by atoms with van der Waals surface area (Å²) in [6.45, 7) is 12.9. The van der Waals surface area contributed by atoms with Crippen LogP contribution in [0.4, 0.5) is 4.79 Å². The number of carbonyl (C=O) groups is 1. The van der Waals surface area contributed by atoms with Crippen molar-refractivity contribution in [3.63, 3.8) is 0 Å². The number of amides is 1. The summed E-state index contributed by atoms with van der Waals surface area (Å²) in [6.07, 6.45) is -0.518. The molecule has 0 aliphatic carbocycles. The van der Waals surface area contributed by atoms with E-state index in [4.69, 9.17) is 16.3 Å². The van der Waals surface area contributed by atoms with Gasteiger partial charge in [0.1, 0.15) is 5.60 Å². The Bertz CT molecular complexity index is 591. The standard InChI is InChI=1S/C16H27ClN2O3S2/c1-10(18-14(20)22-15(2,3)4)12(13-11(17)8-9-23-13)19-24(21)16(5,6)7/h8-10,12,19H,1-7H3,(H,18,20)/t10-,12-,24+/m0/s1. The fourth-order valence-electron chi connectivity index (χ4n) is 1.78. The fourth-order valence-corrected chi connectivity index (χ4v) is 4.09. The van der Waals surface area contributed by atoms with Gasteiger partial charge in [0.05, 0.1) is 32.8 Å². The van der Waals surface area contributed by atoms with Crippen molar-refractivity contribution in [1.82, 2.24) is 10.0 Å². The minimum atomic E-state index is -1.31. The van der Waals surface area contributed by atoms with Gasteiger partial charge >= 0.3 is 6.09 Å². The molecule has 0 radical (unpaired) electrons. The van der Waals surface area contributed by atoms with Crippen LogP contribution in [-0.2, 0) is 15.7 Å². The largest absolute Gasteiger partial charge is 0.444 e. The van der Waals surface area contributed by atoms with Crippen molar-refractivity contribution in [1.29, 1.82) is 0 Å². The highest BCUT2D eigenvalue weighted by atomic mass is 35.5. The molecule has 0 aliphatic rings. The molecule has 0 bridgehead atoms. The summed E-state index contributed by atoms with van der Waals surface area (Å²) in [6, 6.07) is 1.04. The Morgan fingerprint density at radius 2 is 1.88 bits per heavy atom. The Labute approximate surface area is 156 Å². The molecule has 0 aliphatic heterocycles. The molecule has 1 rings (SSSR count). The molecule has 5 nitrogen and oxygen atoms in total. The maximum absolute atomic E-state index is 12.5. The number of alkyl carbamates (subject to hydrolysis) is 1. The Morgan fingerprint density at radius 1 is 1.29 bits per heavy atom. The highest BCUT2D eigenvalue weighted by Gasteiger charge is 2.30. The van der Waals surface area contributed by atoms with Gasteiger partial charge in [-0.25, -0.2) is 13.7 Å². The Hall–Kier alpha value is -0.630. The summed E-state index contributed by atoms with van der Waals surface area (Å²) in [5.74, 6) is 0. The van der Waals surface area contributed by atoms with Gasteiger partial charge in [-0.05, 0) is 59.9 Å². The van der Waals surface area contributed by atoms with Crippen molar-refractivity contribution in [2.75, 3.05) is 0 Å². The third kappa shape index (κ3) is 6.70. The molecule has 0 saturated carbocycles. The summed E-state index contributed by atoms with van der Waals surface area (Å²) in [4.78, 5) is 12.9. The zero-order valence-corrected chi connectivity index (χ0v) is 17.6. The van der Waals surface area contributed by atoms with Crippen LogP contribution in [0.2, 0.25) is 5.02 Å². The number of ether oxygens (including phenoxy) is 1. The number of hydrogen-bond donors (Lipinski definition) is 2. The van der Waals surface area contributed by atoms with E-state index in [2.05, 4.69) is 10.0 Å². The number of halogens is 1. The summed E-state index contributed by atoms with van der Waals surface area (Å²) in [5, 5.41) is 5.25. The van der Waals surface area contributed by atoms with E-state index in [1.165, 1.54) is 11.3 Å². The van der Waals surface area contributed by atoms with Gasteiger partial charge in [-0.2, -0.15) is 0 Å². The molecule has 1 heterocycles. The lowest BCUT2D eigenvalue weighted by atomic mass is 10.1. The maximum Gasteiger partial charge on any atom is 0.407 e. The van der Waals surface area contributed by atoms with E-state index in [0.29, 0.717) is 5.02 Å². The molecule has 8 heteroatoms. The van der Waals surface area contributed by atoms with Crippen LogP contribution in [0.25, 0.3) is 0 Å². The summed E-state index contributed by atoms with van der Waals surface area (Å²) in [5.41, 5.74) is -0.582. The number of carbonyl (C=O) groups excluding carboxylic acids is 1. The highest BCUT2D eigenvalue weighted by molar-refractivity contribution is 7.84. The van der Waals surface area contributed by atoms with E-state index >= 15 is 0 Å². The first-order valence-corrected chi connectivity index (χ1v) is 10.1. The van der Waals surface area contributed by atoms with E-state index in [1.807, 2.05) is 33.1 Å². The molecule has 1 aromatic heterocycles. The predicted molar refractivity (Wildman–Crippen MR) is 102 cm³/mol. The van der Waals surface area contributed by atoms with E-state index in [0.717, 1.165) is 4.88 Å². The molecular formula is C16H27ClN2O3S2. The average molecular weight is 395 g/mol. The second kappa shape index (κ2) is 8.17. The zero-order valence-electron chi connectivity index (χ0n) is 15.2. The highest BCUT2D eigenvalue weighted by Crippen LogP contribution is 2.32. The van der Waals surface area contributed by atoms with Crippen molar-refractivity contribution in [3.05, 3.63) is 21.3 Å². The number of rotatable bonds is 5. The van der Waals surface area contributed by atoms with Crippen LogP contribution < -0.4 is 10.0 Å². The van der Waals surface area contributed by atoms with Crippen molar-refractivity contribution >= 4 is 40.0 Å². The molecule has 3 atom stereocenters.